The zero-order chi connectivity index (χ0) is 12.5. The van der Waals surface area contributed by atoms with Gasteiger partial charge in [0.2, 0.25) is 5.91 Å². The summed E-state index contributed by atoms with van der Waals surface area (Å²) in [7, 11) is 1.67. The zero-order valence-corrected chi connectivity index (χ0v) is 11.0. The van der Waals surface area contributed by atoms with Crippen LogP contribution in [0.5, 0.6) is 0 Å². The quantitative estimate of drug-likeness (QED) is 0.651. The molecule has 1 fully saturated rings. The molecule has 0 aromatic heterocycles. The highest BCUT2D eigenvalue weighted by Gasteiger charge is 2.16. The molecule has 5 heteroatoms. The highest BCUT2D eigenvalue weighted by atomic mass is 16.5. The average Bonchev–Trinajstić information content (AvgIpc) is 2.30. The van der Waals surface area contributed by atoms with Gasteiger partial charge in [0, 0.05) is 33.3 Å². The van der Waals surface area contributed by atoms with E-state index >= 15 is 0 Å². The molecule has 0 aromatic rings. The van der Waals surface area contributed by atoms with Gasteiger partial charge in [0.1, 0.15) is 0 Å². The summed E-state index contributed by atoms with van der Waals surface area (Å²) in [6.45, 7) is 7.08. The number of carbonyl (C=O) groups is 1. The van der Waals surface area contributed by atoms with Crippen molar-refractivity contribution in [3.63, 3.8) is 0 Å². The lowest BCUT2D eigenvalue weighted by atomic mass is 10.2. The van der Waals surface area contributed by atoms with Gasteiger partial charge in [0.25, 0.3) is 0 Å². The Kier molecular flexibility index (Phi) is 7.16. The lowest BCUT2D eigenvalue weighted by molar-refractivity contribution is -0.123. The Labute approximate surface area is 104 Å². The molecule has 1 aliphatic rings. The third-order valence-corrected chi connectivity index (χ3v) is 2.95. The monoisotopic (exact) mass is 243 g/mol. The average molecular weight is 243 g/mol. The second-order valence-electron chi connectivity index (χ2n) is 4.53. The number of carbonyl (C=O) groups excluding carboxylic acids is 1. The SMILES string of the molecule is CCCC(COC)NC(=O)CN1CCNCC1. The number of nitrogens with one attached hydrogen (secondary N) is 2. The van der Waals surface area contributed by atoms with Crippen LogP contribution < -0.4 is 10.6 Å². The molecule has 1 rings (SSSR count). The molecule has 0 saturated carbocycles. The third-order valence-electron chi connectivity index (χ3n) is 2.95. The van der Waals surface area contributed by atoms with E-state index in [9.17, 15) is 4.79 Å². The lowest BCUT2D eigenvalue weighted by Crippen LogP contribution is -2.49. The number of ether oxygens (including phenoxy) is 1. The second-order valence-corrected chi connectivity index (χ2v) is 4.53. The van der Waals surface area contributed by atoms with Gasteiger partial charge >= 0.3 is 0 Å². The summed E-state index contributed by atoms with van der Waals surface area (Å²) >= 11 is 0. The van der Waals surface area contributed by atoms with Crippen LogP contribution in [0.25, 0.3) is 0 Å². The van der Waals surface area contributed by atoms with E-state index in [0.717, 1.165) is 39.0 Å². The highest BCUT2D eigenvalue weighted by molar-refractivity contribution is 5.78. The van der Waals surface area contributed by atoms with Crippen LogP contribution in [0.1, 0.15) is 19.8 Å². The summed E-state index contributed by atoms with van der Waals surface area (Å²) < 4.78 is 5.11. The Morgan fingerprint density at radius 3 is 2.76 bits per heavy atom. The van der Waals surface area contributed by atoms with Gasteiger partial charge in [-0.1, -0.05) is 13.3 Å². The number of hydrogen-bond donors (Lipinski definition) is 2. The molecule has 5 nitrogen and oxygen atoms in total. The molecule has 1 aliphatic heterocycles. The molecule has 1 unspecified atom stereocenters. The van der Waals surface area contributed by atoms with Gasteiger partial charge in [-0.2, -0.15) is 0 Å². The maximum Gasteiger partial charge on any atom is 0.234 e. The summed E-state index contributed by atoms with van der Waals surface area (Å²) in [5.74, 6) is 0.113. The predicted molar refractivity (Wildman–Crippen MR) is 68.0 cm³/mol. The van der Waals surface area contributed by atoms with Gasteiger partial charge in [-0.15, -0.1) is 0 Å². The van der Waals surface area contributed by atoms with Crippen molar-refractivity contribution < 1.29 is 9.53 Å². The molecule has 0 spiro atoms. The maximum absolute atomic E-state index is 11.8. The molecule has 2 N–H and O–H groups in total. The van der Waals surface area contributed by atoms with Crippen molar-refractivity contribution in [3.05, 3.63) is 0 Å². The fraction of sp³-hybridized carbons (Fsp3) is 0.917. The fourth-order valence-electron chi connectivity index (χ4n) is 2.09. The van der Waals surface area contributed by atoms with Crippen molar-refractivity contribution >= 4 is 5.91 Å². The van der Waals surface area contributed by atoms with Gasteiger partial charge in [0.05, 0.1) is 19.2 Å². The molecular weight excluding hydrogens is 218 g/mol. The van der Waals surface area contributed by atoms with E-state index in [2.05, 4.69) is 22.5 Å². The second kappa shape index (κ2) is 8.44. The van der Waals surface area contributed by atoms with E-state index in [-0.39, 0.29) is 11.9 Å². The van der Waals surface area contributed by atoms with E-state index < -0.39 is 0 Å². The number of amides is 1. The first-order valence-electron chi connectivity index (χ1n) is 6.47. The van der Waals surface area contributed by atoms with Gasteiger partial charge < -0.3 is 15.4 Å². The highest BCUT2D eigenvalue weighted by Crippen LogP contribution is 1.98. The first-order chi connectivity index (χ1) is 8.26. The minimum atomic E-state index is 0.113. The maximum atomic E-state index is 11.8. The van der Waals surface area contributed by atoms with Gasteiger partial charge in [0.15, 0.2) is 0 Å². The van der Waals surface area contributed by atoms with Crippen LogP contribution in [0.4, 0.5) is 0 Å². The Morgan fingerprint density at radius 1 is 1.47 bits per heavy atom. The molecule has 1 atom stereocenters. The Balaban J connectivity index is 2.25. The molecule has 0 aromatic carbocycles. The molecule has 17 heavy (non-hydrogen) atoms. The van der Waals surface area contributed by atoms with Crippen LogP contribution in [-0.2, 0) is 9.53 Å². The Hall–Kier alpha value is -0.650. The third kappa shape index (κ3) is 6.00. The van der Waals surface area contributed by atoms with Crippen molar-refractivity contribution in [1.29, 1.82) is 0 Å². The summed E-state index contributed by atoms with van der Waals surface area (Å²) in [5, 5.41) is 6.32. The van der Waals surface area contributed by atoms with Gasteiger partial charge in [-0.3, -0.25) is 9.69 Å². The number of hydrogen-bond acceptors (Lipinski definition) is 4. The molecular formula is C12H25N3O2. The smallest absolute Gasteiger partial charge is 0.234 e. The first kappa shape index (κ1) is 14.4. The van der Waals surface area contributed by atoms with Crippen LogP contribution in [0.2, 0.25) is 0 Å². The normalized spacial score (nSPS) is 18.9. The molecule has 0 radical (unpaired) electrons. The number of rotatable bonds is 7. The Morgan fingerprint density at radius 2 is 2.18 bits per heavy atom. The van der Waals surface area contributed by atoms with Gasteiger partial charge in [-0.25, -0.2) is 0 Å². The van der Waals surface area contributed by atoms with E-state index in [4.69, 9.17) is 4.74 Å². The van der Waals surface area contributed by atoms with Crippen LogP contribution in [0.15, 0.2) is 0 Å². The summed E-state index contributed by atoms with van der Waals surface area (Å²) in [5.41, 5.74) is 0. The molecule has 1 heterocycles. The number of piperazine rings is 1. The molecule has 0 bridgehead atoms. The van der Waals surface area contributed by atoms with Crippen LogP contribution in [-0.4, -0.2) is 63.3 Å². The van der Waals surface area contributed by atoms with Crippen molar-refractivity contribution in [3.8, 4) is 0 Å². The van der Waals surface area contributed by atoms with Crippen molar-refractivity contribution in [2.45, 2.75) is 25.8 Å². The lowest BCUT2D eigenvalue weighted by Gasteiger charge is -2.27. The summed E-state index contributed by atoms with van der Waals surface area (Å²) in [6, 6.07) is 0.153. The van der Waals surface area contributed by atoms with Crippen LogP contribution >= 0.6 is 0 Å². The molecule has 1 saturated heterocycles. The minimum absolute atomic E-state index is 0.113. The summed E-state index contributed by atoms with van der Waals surface area (Å²) in [4.78, 5) is 14.0. The van der Waals surface area contributed by atoms with E-state index in [1.165, 1.54) is 0 Å². The molecule has 100 valence electrons. The largest absolute Gasteiger partial charge is 0.383 e. The van der Waals surface area contributed by atoms with E-state index in [0.29, 0.717) is 13.2 Å². The standard InChI is InChI=1S/C12H25N3O2/c1-3-4-11(10-17-2)14-12(16)9-15-7-5-13-6-8-15/h11,13H,3-10H2,1-2H3,(H,14,16). The van der Waals surface area contributed by atoms with Gasteiger partial charge in [-0.05, 0) is 6.42 Å². The molecule has 0 aliphatic carbocycles. The number of methoxy groups -OCH3 is 1. The predicted octanol–water partition coefficient (Wildman–Crippen LogP) is -0.177. The van der Waals surface area contributed by atoms with Crippen LogP contribution in [0, 0.1) is 0 Å². The first-order valence-corrected chi connectivity index (χ1v) is 6.47. The van der Waals surface area contributed by atoms with Crippen molar-refractivity contribution in [2.75, 3.05) is 46.4 Å². The fourth-order valence-corrected chi connectivity index (χ4v) is 2.09. The Bertz CT molecular complexity index is 212. The van der Waals surface area contributed by atoms with Crippen molar-refractivity contribution in [2.24, 2.45) is 0 Å². The van der Waals surface area contributed by atoms with E-state index in [1.54, 1.807) is 7.11 Å². The number of nitrogens with zero attached hydrogens (tertiary/aromatic N) is 1. The van der Waals surface area contributed by atoms with Crippen molar-refractivity contribution in [1.82, 2.24) is 15.5 Å². The van der Waals surface area contributed by atoms with E-state index in [1.807, 2.05) is 0 Å². The minimum Gasteiger partial charge on any atom is -0.383 e. The summed E-state index contributed by atoms with van der Waals surface area (Å²) in [6.07, 6.45) is 2.03. The topological polar surface area (TPSA) is 53.6 Å². The van der Waals surface area contributed by atoms with Crippen LogP contribution in [0.3, 0.4) is 0 Å². The zero-order valence-electron chi connectivity index (χ0n) is 11.0. The molecule has 1 amide bonds.